The van der Waals surface area contributed by atoms with Crippen molar-refractivity contribution in [3.05, 3.63) is 74.9 Å². The van der Waals surface area contributed by atoms with E-state index in [4.69, 9.17) is 9.47 Å². The molecule has 4 rings (SSSR count). The number of nitrogens with one attached hydrogen (secondary N) is 1. The second-order valence-electron chi connectivity index (χ2n) is 7.66. The van der Waals surface area contributed by atoms with Crippen molar-refractivity contribution in [2.24, 2.45) is 0 Å². The molecule has 7 nitrogen and oxygen atoms in total. The first kappa shape index (κ1) is 23.8. The Morgan fingerprint density at radius 1 is 1.12 bits per heavy atom. The van der Waals surface area contributed by atoms with Gasteiger partial charge in [0.25, 0.3) is 5.56 Å². The fraction of sp³-hybridized carbons (Fsp3) is 0.240. The van der Waals surface area contributed by atoms with Crippen LogP contribution in [0.4, 0.5) is 0 Å². The van der Waals surface area contributed by atoms with Crippen LogP contribution >= 0.6 is 23.1 Å². The first-order valence-corrected chi connectivity index (χ1v) is 12.5. The normalized spacial score (nSPS) is 10.9. The first-order chi connectivity index (χ1) is 16.4. The molecular formula is C25H25N3O4S2. The van der Waals surface area contributed by atoms with Crippen molar-refractivity contribution >= 4 is 39.2 Å². The third-order valence-corrected chi connectivity index (χ3v) is 7.32. The molecule has 34 heavy (non-hydrogen) atoms. The number of nitrogens with zero attached hydrogens (tertiary/aromatic N) is 2. The van der Waals surface area contributed by atoms with Crippen LogP contribution in [-0.2, 0) is 11.3 Å². The van der Waals surface area contributed by atoms with Gasteiger partial charge in [-0.15, -0.1) is 11.3 Å². The molecule has 2 heterocycles. The van der Waals surface area contributed by atoms with Gasteiger partial charge in [-0.2, -0.15) is 0 Å². The number of thiophene rings is 1. The van der Waals surface area contributed by atoms with Gasteiger partial charge in [0.1, 0.15) is 4.70 Å². The maximum Gasteiger partial charge on any atom is 0.276 e. The summed E-state index contributed by atoms with van der Waals surface area (Å²) in [5.41, 5.74) is 4.27. The topological polar surface area (TPSA) is 82.5 Å². The highest BCUT2D eigenvalue weighted by atomic mass is 32.2. The minimum Gasteiger partial charge on any atom is -0.493 e. The van der Waals surface area contributed by atoms with Crippen LogP contribution in [-0.4, -0.2) is 35.4 Å². The minimum absolute atomic E-state index is 0.110. The summed E-state index contributed by atoms with van der Waals surface area (Å²) in [6, 6.07) is 13.2. The van der Waals surface area contributed by atoms with Gasteiger partial charge >= 0.3 is 0 Å². The summed E-state index contributed by atoms with van der Waals surface area (Å²) in [5, 5.41) is 5.24. The molecule has 0 radical (unpaired) electrons. The van der Waals surface area contributed by atoms with E-state index in [0.717, 1.165) is 22.4 Å². The summed E-state index contributed by atoms with van der Waals surface area (Å²) in [6.07, 6.45) is 0. The fourth-order valence-corrected chi connectivity index (χ4v) is 5.15. The van der Waals surface area contributed by atoms with E-state index in [-0.39, 0.29) is 17.2 Å². The van der Waals surface area contributed by atoms with Gasteiger partial charge in [0, 0.05) is 12.1 Å². The summed E-state index contributed by atoms with van der Waals surface area (Å²) in [5.74, 6) is 1.13. The van der Waals surface area contributed by atoms with Gasteiger partial charge in [0.05, 0.1) is 31.2 Å². The quantitative estimate of drug-likeness (QED) is 0.287. The number of benzene rings is 2. The van der Waals surface area contributed by atoms with E-state index in [1.54, 1.807) is 24.9 Å². The van der Waals surface area contributed by atoms with E-state index >= 15 is 0 Å². The Morgan fingerprint density at radius 3 is 2.68 bits per heavy atom. The third-order valence-electron chi connectivity index (χ3n) is 5.49. The van der Waals surface area contributed by atoms with E-state index in [2.05, 4.69) is 10.3 Å². The summed E-state index contributed by atoms with van der Waals surface area (Å²) in [6.45, 7) is 4.33. The van der Waals surface area contributed by atoms with Gasteiger partial charge in [0.2, 0.25) is 5.91 Å². The lowest BCUT2D eigenvalue weighted by molar-refractivity contribution is -0.118. The van der Waals surface area contributed by atoms with Crippen molar-refractivity contribution in [1.29, 1.82) is 0 Å². The van der Waals surface area contributed by atoms with Crippen molar-refractivity contribution < 1.29 is 14.3 Å². The first-order valence-electron chi connectivity index (χ1n) is 10.6. The number of fused-ring (bicyclic) bond motifs is 1. The van der Waals surface area contributed by atoms with Gasteiger partial charge in [0.15, 0.2) is 16.7 Å². The number of hydrogen-bond donors (Lipinski definition) is 1. The Labute approximate surface area is 205 Å². The lowest BCUT2D eigenvalue weighted by Crippen LogP contribution is -2.26. The molecule has 0 unspecified atom stereocenters. The van der Waals surface area contributed by atoms with Gasteiger partial charge in [-0.1, -0.05) is 30.0 Å². The number of methoxy groups -OCH3 is 2. The van der Waals surface area contributed by atoms with E-state index in [1.165, 1.54) is 23.1 Å². The molecule has 2 aromatic heterocycles. The fourth-order valence-electron chi connectivity index (χ4n) is 3.55. The molecule has 0 bridgehead atoms. The number of carbonyl (C=O) groups is 1. The van der Waals surface area contributed by atoms with Crippen LogP contribution in [0, 0.1) is 13.8 Å². The molecular weight excluding hydrogens is 470 g/mol. The Kier molecular flexibility index (Phi) is 7.23. The molecule has 0 saturated heterocycles. The zero-order valence-electron chi connectivity index (χ0n) is 19.4. The van der Waals surface area contributed by atoms with Crippen LogP contribution in [0.1, 0.15) is 16.7 Å². The molecule has 2 aromatic carbocycles. The molecule has 0 spiro atoms. The Bertz CT molecular complexity index is 1410. The Morgan fingerprint density at radius 2 is 1.94 bits per heavy atom. The zero-order valence-corrected chi connectivity index (χ0v) is 21.0. The highest BCUT2D eigenvalue weighted by Gasteiger charge is 2.17. The molecule has 1 N–H and O–H groups in total. The Hall–Kier alpha value is -3.30. The van der Waals surface area contributed by atoms with Crippen LogP contribution in [0.2, 0.25) is 0 Å². The van der Waals surface area contributed by atoms with Crippen molar-refractivity contribution in [2.45, 2.75) is 25.5 Å². The molecule has 0 fully saturated rings. The maximum absolute atomic E-state index is 13.3. The molecule has 1 amide bonds. The summed E-state index contributed by atoms with van der Waals surface area (Å²) in [4.78, 5) is 30.6. The Balaban J connectivity index is 1.56. The number of ether oxygens (including phenoxy) is 2. The van der Waals surface area contributed by atoms with Crippen molar-refractivity contribution in [3.63, 3.8) is 0 Å². The molecule has 9 heteroatoms. The highest BCUT2D eigenvalue weighted by Crippen LogP contribution is 2.30. The number of aryl methyl sites for hydroxylation is 2. The van der Waals surface area contributed by atoms with Crippen LogP contribution in [0.25, 0.3) is 15.9 Å². The van der Waals surface area contributed by atoms with E-state index in [0.29, 0.717) is 33.4 Å². The lowest BCUT2D eigenvalue weighted by Gasteiger charge is -2.14. The van der Waals surface area contributed by atoms with Gasteiger partial charge in [-0.3, -0.25) is 14.2 Å². The molecule has 0 saturated carbocycles. The molecule has 0 aliphatic rings. The lowest BCUT2D eigenvalue weighted by atomic mass is 10.1. The number of amides is 1. The number of para-hydroxylation sites is 1. The monoisotopic (exact) mass is 495 g/mol. The van der Waals surface area contributed by atoms with Crippen LogP contribution in [0.5, 0.6) is 11.5 Å². The second-order valence-corrected chi connectivity index (χ2v) is 9.52. The number of rotatable bonds is 8. The predicted octanol–water partition coefficient (Wildman–Crippen LogP) is 4.49. The molecule has 0 aliphatic heterocycles. The summed E-state index contributed by atoms with van der Waals surface area (Å²) < 4.78 is 12.9. The standard InChI is InChI=1S/C25H25N3O4S2/c1-15-8-9-18(12-16(15)2)28-24(30)23-19(10-11-33-23)27-25(28)34-14-21(29)26-13-17-6-5-7-20(31-3)22(17)32-4/h5-12H,13-14H2,1-4H3,(H,26,29). The molecule has 0 atom stereocenters. The van der Waals surface area contributed by atoms with E-state index in [1.807, 2.05) is 55.6 Å². The third kappa shape index (κ3) is 4.80. The average Bonchev–Trinajstić information content (AvgIpc) is 3.32. The summed E-state index contributed by atoms with van der Waals surface area (Å²) in [7, 11) is 3.14. The summed E-state index contributed by atoms with van der Waals surface area (Å²) >= 11 is 2.60. The van der Waals surface area contributed by atoms with Crippen molar-refractivity contribution in [2.75, 3.05) is 20.0 Å². The van der Waals surface area contributed by atoms with Gasteiger partial charge in [-0.05, 0) is 54.6 Å². The van der Waals surface area contributed by atoms with Crippen LogP contribution in [0.3, 0.4) is 0 Å². The van der Waals surface area contributed by atoms with Crippen LogP contribution in [0.15, 0.2) is 57.8 Å². The van der Waals surface area contributed by atoms with Crippen molar-refractivity contribution in [3.8, 4) is 17.2 Å². The molecule has 4 aromatic rings. The number of carbonyl (C=O) groups excluding carboxylic acids is 1. The number of aromatic nitrogens is 2. The molecule has 0 aliphatic carbocycles. The van der Waals surface area contributed by atoms with Crippen LogP contribution < -0.4 is 20.3 Å². The van der Waals surface area contributed by atoms with E-state index in [9.17, 15) is 9.59 Å². The highest BCUT2D eigenvalue weighted by molar-refractivity contribution is 7.99. The van der Waals surface area contributed by atoms with Gasteiger partial charge < -0.3 is 14.8 Å². The average molecular weight is 496 g/mol. The minimum atomic E-state index is -0.179. The molecule has 176 valence electrons. The van der Waals surface area contributed by atoms with E-state index < -0.39 is 0 Å². The zero-order chi connectivity index (χ0) is 24.2. The smallest absolute Gasteiger partial charge is 0.276 e. The largest absolute Gasteiger partial charge is 0.493 e. The number of thioether (sulfide) groups is 1. The second kappa shape index (κ2) is 10.3. The maximum atomic E-state index is 13.3. The predicted molar refractivity (Wildman–Crippen MR) is 137 cm³/mol. The SMILES string of the molecule is COc1cccc(CNC(=O)CSc2nc3ccsc3c(=O)n2-c2ccc(C)c(C)c2)c1OC. The van der Waals surface area contributed by atoms with Crippen molar-refractivity contribution in [1.82, 2.24) is 14.9 Å². The number of hydrogen-bond acceptors (Lipinski definition) is 7. The van der Waals surface area contributed by atoms with Gasteiger partial charge in [-0.25, -0.2) is 4.98 Å².